The lowest BCUT2D eigenvalue weighted by atomic mass is 9.86. The molecule has 0 heterocycles. The monoisotopic (exact) mass is 242 g/mol. The van der Waals surface area contributed by atoms with E-state index in [2.05, 4.69) is 10.8 Å². The van der Waals surface area contributed by atoms with Gasteiger partial charge in [0.15, 0.2) is 6.61 Å². The Bertz CT molecular complexity index is 250. The fourth-order valence-corrected chi connectivity index (χ4v) is 2.12. The van der Waals surface area contributed by atoms with Crippen molar-refractivity contribution in [3.8, 4) is 0 Å². The van der Waals surface area contributed by atoms with Crippen LogP contribution in [0.4, 0.5) is 0 Å². The Labute approximate surface area is 102 Å². The van der Waals surface area contributed by atoms with E-state index in [1.807, 2.05) is 0 Å². The number of carbonyl (C=O) groups is 2. The molecule has 0 aromatic carbocycles. The van der Waals surface area contributed by atoms with Crippen molar-refractivity contribution in [1.29, 1.82) is 0 Å². The Morgan fingerprint density at radius 2 is 1.88 bits per heavy atom. The summed E-state index contributed by atoms with van der Waals surface area (Å²) >= 11 is 0. The zero-order valence-corrected chi connectivity index (χ0v) is 10.5. The Morgan fingerprint density at radius 1 is 1.18 bits per heavy atom. The van der Waals surface area contributed by atoms with Crippen molar-refractivity contribution in [2.75, 3.05) is 13.7 Å². The van der Waals surface area contributed by atoms with Crippen LogP contribution < -0.4 is 10.8 Å². The highest BCUT2D eigenvalue weighted by Crippen LogP contribution is 2.27. The topological polar surface area (TPSA) is 67.4 Å². The molecule has 5 heteroatoms. The highest BCUT2D eigenvalue weighted by atomic mass is 16.7. The lowest BCUT2D eigenvalue weighted by Gasteiger charge is -2.20. The van der Waals surface area contributed by atoms with Gasteiger partial charge in [-0.15, -0.1) is 0 Å². The van der Waals surface area contributed by atoms with E-state index in [-0.39, 0.29) is 18.4 Å². The summed E-state index contributed by atoms with van der Waals surface area (Å²) in [6.07, 6.45) is 7.81. The van der Waals surface area contributed by atoms with Gasteiger partial charge in [0.05, 0.1) is 0 Å². The summed E-state index contributed by atoms with van der Waals surface area (Å²) in [5, 5.41) is 2.41. The van der Waals surface area contributed by atoms with Gasteiger partial charge in [0.25, 0.3) is 0 Å². The van der Waals surface area contributed by atoms with E-state index >= 15 is 0 Å². The summed E-state index contributed by atoms with van der Waals surface area (Å²) in [7, 11) is 1.52. The average molecular weight is 242 g/mol. The zero-order chi connectivity index (χ0) is 12.5. The molecule has 1 rings (SSSR count). The van der Waals surface area contributed by atoms with E-state index in [1.165, 1.54) is 39.2 Å². The third-order valence-corrected chi connectivity index (χ3v) is 3.17. The molecule has 1 saturated carbocycles. The van der Waals surface area contributed by atoms with Crippen molar-refractivity contribution in [1.82, 2.24) is 10.8 Å². The normalized spacial score (nSPS) is 16.5. The Morgan fingerprint density at radius 3 is 2.53 bits per heavy atom. The maximum Gasteiger partial charge on any atom is 0.248 e. The number of rotatable bonds is 6. The van der Waals surface area contributed by atoms with E-state index in [1.54, 1.807) is 0 Å². The fourth-order valence-electron chi connectivity index (χ4n) is 2.12. The maximum atomic E-state index is 11.4. The standard InChI is InChI=1S/C12H22N2O3/c1-13-12(16)9-17-14-11(15)8-7-10-5-3-2-4-6-10/h10H,2-9H2,1H3,(H,13,16)(H,14,15). The number of likely N-dealkylation sites (N-methyl/N-ethyl adjacent to an activating group) is 1. The molecule has 0 bridgehead atoms. The van der Waals surface area contributed by atoms with Crippen molar-refractivity contribution in [2.45, 2.75) is 44.9 Å². The molecule has 0 unspecified atom stereocenters. The van der Waals surface area contributed by atoms with Gasteiger partial charge >= 0.3 is 0 Å². The first-order chi connectivity index (χ1) is 8.22. The number of carbonyl (C=O) groups excluding carboxylic acids is 2. The van der Waals surface area contributed by atoms with Crippen molar-refractivity contribution in [3.63, 3.8) is 0 Å². The first kappa shape index (κ1) is 14.0. The molecular weight excluding hydrogens is 220 g/mol. The minimum Gasteiger partial charge on any atom is -0.357 e. The number of hydrogen-bond donors (Lipinski definition) is 2. The Balaban J connectivity index is 2.02. The van der Waals surface area contributed by atoms with Crippen LogP contribution in [0, 0.1) is 5.92 Å². The molecule has 0 aliphatic heterocycles. The quantitative estimate of drug-likeness (QED) is 0.686. The van der Waals surface area contributed by atoms with E-state index in [9.17, 15) is 9.59 Å². The van der Waals surface area contributed by atoms with Gasteiger partial charge in [0, 0.05) is 13.5 Å². The summed E-state index contributed by atoms with van der Waals surface area (Å²) in [6.45, 7) is -0.133. The van der Waals surface area contributed by atoms with E-state index in [4.69, 9.17) is 4.84 Å². The molecule has 17 heavy (non-hydrogen) atoms. The average Bonchev–Trinajstić information content (AvgIpc) is 2.37. The Kier molecular flexibility index (Phi) is 6.62. The van der Waals surface area contributed by atoms with Gasteiger partial charge < -0.3 is 5.32 Å². The number of amides is 2. The molecule has 2 amide bonds. The fraction of sp³-hybridized carbons (Fsp3) is 0.833. The van der Waals surface area contributed by atoms with Crippen molar-refractivity contribution < 1.29 is 14.4 Å². The van der Waals surface area contributed by atoms with Gasteiger partial charge in [0.1, 0.15) is 0 Å². The smallest absolute Gasteiger partial charge is 0.248 e. The molecule has 0 aromatic heterocycles. The van der Waals surface area contributed by atoms with Crippen molar-refractivity contribution >= 4 is 11.8 Å². The van der Waals surface area contributed by atoms with E-state index in [0.29, 0.717) is 12.3 Å². The third-order valence-electron chi connectivity index (χ3n) is 3.17. The van der Waals surface area contributed by atoms with Crippen LogP contribution in [0.15, 0.2) is 0 Å². The number of hydrogen-bond acceptors (Lipinski definition) is 3. The number of nitrogens with one attached hydrogen (secondary N) is 2. The van der Waals surface area contributed by atoms with E-state index in [0.717, 1.165) is 6.42 Å². The minimum atomic E-state index is -0.252. The highest BCUT2D eigenvalue weighted by Gasteiger charge is 2.14. The zero-order valence-electron chi connectivity index (χ0n) is 10.5. The van der Waals surface area contributed by atoms with Crippen LogP contribution >= 0.6 is 0 Å². The molecule has 0 saturated heterocycles. The second-order valence-corrected chi connectivity index (χ2v) is 4.53. The van der Waals surface area contributed by atoms with Crippen molar-refractivity contribution in [2.24, 2.45) is 5.92 Å². The first-order valence-corrected chi connectivity index (χ1v) is 6.33. The van der Waals surface area contributed by atoms with Crippen LogP contribution in [0.3, 0.4) is 0 Å². The summed E-state index contributed by atoms with van der Waals surface area (Å²) in [6, 6.07) is 0. The minimum absolute atomic E-state index is 0.133. The molecule has 0 aromatic rings. The van der Waals surface area contributed by atoms with Crippen LogP contribution in [0.1, 0.15) is 44.9 Å². The van der Waals surface area contributed by atoms with Gasteiger partial charge in [-0.3, -0.25) is 14.4 Å². The van der Waals surface area contributed by atoms with Crippen LogP contribution in [0.25, 0.3) is 0 Å². The van der Waals surface area contributed by atoms with Gasteiger partial charge in [-0.05, 0) is 12.3 Å². The largest absolute Gasteiger partial charge is 0.357 e. The van der Waals surface area contributed by atoms with E-state index < -0.39 is 0 Å². The molecule has 5 nitrogen and oxygen atoms in total. The molecule has 1 aliphatic carbocycles. The summed E-state index contributed by atoms with van der Waals surface area (Å²) in [5.41, 5.74) is 2.29. The molecular formula is C12H22N2O3. The molecule has 0 radical (unpaired) electrons. The van der Waals surface area contributed by atoms with Crippen LogP contribution in [0.5, 0.6) is 0 Å². The van der Waals surface area contributed by atoms with Crippen molar-refractivity contribution in [3.05, 3.63) is 0 Å². The Hall–Kier alpha value is -1.10. The second kappa shape index (κ2) is 8.06. The van der Waals surface area contributed by atoms with Gasteiger partial charge in [-0.25, -0.2) is 5.48 Å². The highest BCUT2D eigenvalue weighted by molar-refractivity contribution is 5.77. The predicted octanol–water partition coefficient (Wildman–Crippen LogP) is 1.14. The van der Waals surface area contributed by atoms with Gasteiger partial charge in [-0.2, -0.15) is 0 Å². The summed E-state index contributed by atoms with van der Waals surface area (Å²) in [4.78, 5) is 27.0. The molecule has 1 fully saturated rings. The third kappa shape index (κ3) is 6.26. The molecule has 2 N–H and O–H groups in total. The lowest BCUT2D eigenvalue weighted by molar-refractivity contribution is -0.139. The summed E-state index contributed by atoms with van der Waals surface area (Å²) in [5.74, 6) is 0.297. The van der Waals surface area contributed by atoms with Crippen LogP contribution in [-0.2, 0) is 14.4 Å². The number of hydroxylamine groups is 1. The molecule has 98 valence electrons. The maximum absolute atomic E-state index is 11.4. The summed E-state index contributed by atoms with van der Waals surface area (Å²) < 4.78 is 0. The van der Waals surface area contributed by atoms with Crippen LogP contribution in [-0.4, -0.2) is 25.5 Å². The van der Waals surface area contributed by atoms with Gasteiger partial charge in [-0.1, -0.05) is 32.1 Å². The SMILES string of the molecule is CNC(=O)CONC(=O)CCC1CCCCC1. The van der Waals surface area contributed by atoms with Gasteiger partial charge in [0.2, 0.25) is 11.8 Å². The van der Waals surface area contributed by atoms with Crippen LogP contribution in [0.2, 0.25) is 0 Å². The molecule has 0 spiro atoms. The first-order valence-electron chi connectivity index (χ1n) is 6.33. The lowest BCUT2D eigenvalue weighted by Crippen LogP contribution is -2.31. The predicted molar refractivity (Wildman–Crippen MR) is 64.0 cm³/mol. The molecule has 0 atom stereocenters. The second-order valence-electron chi connectivity index (χ2n) is 4.53. The molecule has 1 aliphatic rings.